The molecule has 0 radical (unpaired) electrons. The molecule has 2 unspecified atom stereocenters. The lowest BCUT2D eigenvalue weighted by Crippen LogP contribution is -2.54. The molecule has 0 aliphatic carbocycles. The fraction of sp³-hybridized carbons (Fsp3) is 0.917. The number of nitrogens with one attached hydrogen (secondary N) is 1. The topological polar surface area (TPSA) is 52.6 Å². The zero-order chi connectivity index (χ0) is 12.2. The molecule has 0 aromatic rings. The number of β-amino-alcohol motifs (C(OH)–C–C–N with tert-alkyl or cyclic N) is 1. The van der Waals surface area contributed by atoms with Crippen LogP contribution in [-0.2, 0) is 4.79 Å². The van der Waals surface area contributed by atoms with Gasteiger partial charge in [-0.05, 0) is 39.7 Å². The number of likely N-dealkylation sites (tertiary alicyclic amines) is 1. The van der Waals surface area contributed by atoms with Crippen molar-refractivity contribution in [2.75, 3.05) is 19.6 Å². The van der Waals surface area contributed by atoms with Crippen molar-refractivity contribution < 1.29 is 9.90 Å². The maximum atomic E-state index is 11.8. The Hall–Kier alpha value is -0.610. The summed E-state index contributed by atoms with van der Waals surface area (Å²) in [6.07, 6.45) is 2.74. The Morgan fingerprint density at radius 1 is 1.62 bits per heavy atom. The molecule has 1 heterocycles. The number of aliphatic hydroxyl groups is 1. The zero-order valence-corrected chi connectivity index (χ0v) is 10.6. The van der Waals surface area contributed by atoms with Gasteiger partial charge in [0.25, 0.3) is 0 Å². The number of carbonyl (C=O) groups excluding carboxylic acids is 1. The van der Waals surface area contributed by atoms with E-state index in [1.807, 2.05) is 20.8 Å². The largest absolute Gasteiger partial charge is 0.389 e. The molecule has 1 saturated heterocycles. The average molecular weight is 228 g/mol. The predicted molar refractivity (Wildman–Crippen MR) is 64.2 cm³/mol. The van der Waals surface area contributed by atoms with E-state index in [2.05, 4.69) is 10.2 Å². The van der Waals surface area contributed by atoms with Crippen molar-refractivity contribution in [1.82, 2.24) is 10.2 Å². The summed E-state index contributed by atoms with van der Waals surface area (Å²) in [4.78, 5) is 13.8. The highest BCUT2D eigenvalue weighted by Crippen LogP contribution is 2.21. The minimum atomic E-state index is -0.641. The first kappa shape index (κ1) is 13.5. The van der Waals surface area contributed by atoms with Crippen molar-refractivity contribution in [3.8, 4) is 0 Å². The molecular formula is C12H24N2O2. The van der Waals surface area contributed by atoms with Crippen LogP contribution in [-0.4, -0.2) is 47.2 Å². The second-order valence-corrected chi connectivity index (χ2v) is 5.04. The smallest absolute Gasteiger partial charge is 0.237 e. The second kappa shape index (κ2) is 5.64. The lowest BCUT2D eigenvalue weighted by atomic mass is 9.94. The van der Waals surface area contributed by atoms with Gasteiger partial charge in [0.1, 0.15) is 0 Å². The molecule has 0 aromatic carbocycles. The van der Waals surface area contributed by atoms with E-state index < -0.39 is 5.60 Å². The van der Waals surface area contributed by atoms with Crippen LogP contribution in [0, 0.1) is 0 Å². The van der Waals surface area contributed by atoms with E-state index in [-0.39, 0.29) is 11.9 Å². The minimum Gasteiger partial charge on any atom is -0.389 e. The van der Waals surface area contributed by atoms with E-state index in [9.17, 15) is 9.90 Å². The summed E-state index contributed by atoms with van der Waals surface area (Å²) in [5.74, 6) is 0.0690. The lowest BCUT2D eigenvalue weighted by Gasteiger charge is -2.39. The number of hydrogen-bond donors (Lipinski definition) is 2. The van der Waals surface area contributed by atoms with Gasteiger partial charge < -0.3 is 10.4 Å². The maximum Gasteiger partial charge on any atom is 0.237 e. The number of amides is 1. The van der Waals surface area contributed by atoms with E-state index in [4.69, 9.17) is 0 Å². The van der Waals surface area contributed by atoms with Gasteiger partial charge in [-0.1, -0.05) is 6.92 Å². The average Bonchev–Trinajstić information content (AvgIpc) is 2.23. The number of piperidine rings is 1. The van der Waals surface area contributed by atoms with Crippen molar-refractivity contribution >= 4 is 5.91 Å². The van der Waals surface area contributed by atoms with Gasteiger partial charge in [-0.25, -0.2) is 0 Å². The molecule has 0 aromatic heterocycles. The first-order valence-electron chi connectivity index (χ1n) is 6.20. The van der Waals surface area contributed by atoms with Gasteiger partial charge in [-0.15, -0.1) is 0 Å². The van der Waals surface area contributed by atoms with Crippen molar-refractivity contribution in [3.63, 3.8) is 0 Å². The van der Waals surface area contributed by atoms with Gasteiger partial charge >= 0.3 is 0 Å². The minimum absolute atomic E-state index is 0.0690. The van der Waals surface area contributed by atoms with E-state index in [1.165, 1.54) is 0 Å². The summed E-state index contributed by atoms with van der Waals surface area (Å²) in [5.41, 5.74) is -0.641. The molecule has 0 spiro atoms. The third-order valence-electron chi connectivity index (χ3n) is 3.18. The molecule has 1 fully saturated rings. The molecular weight excluding hydrogens is 204 g/mol. The Morgan fingerprint density at radius 2 is 2.31 bits per heavy atom. The Morgan fingerprint density at radius 3 is 2.88 bits per heavy atom. The molecule has 1 amide bonds. The molecule has 4 nitrogen and oxygen atoms in total. The number of hydrogen-bond acceptors (Lipinski definition) is 3. The number of nitrogens with zero attached hydrogens (tertiary/aromatic N) is 1. The van der Waals surface area contributed by atoms with Crippen LogP contribution in [0.2, 0.25) is 0 Å². The first-order chi connectivity index (χ1) is 7.46. The summed E-state index contributed by atoms with van der Waals surface area (Å²) in [6, 6.07) is -0.140. The lowest BCUT2D eigenvalue weighted by molar-refractivity contribution is -0.128. The summed E-state index contributed by atoms with van der Waals surface area (Å²) >= 11 is 0. The van der Waals surface area contributed by atoms with Gasteiger partial charge in [0.05, 0.1) is 11.6 Å². The number of carbonyl (C=O) groups is 1. The van der Waals surface area contributed by atoms with Crippen LogP contribution in [0.25, 0.3) is 0 Å². The van der Waals surface area contributed by atoms with Crippen molar-refractivity contribution in [1.29, 1.82) is 0 Å². The van der Waals surface area contributed by atoms with Gasteiger partial charge in [0, 0.05) is 13.1 Å². The van der Waals surface area contributed by atoms with E-state index in [0.717, 1.165) is 32.4 Å². The van der Waals surface area contributed by atoms with E-state index >= 15 is 0 Å². The SMILES string of the molecule is CCCNC(=O)C(C)N1CCCC(C)(O)C1. The summed E-state index contributed by atoms with van der Waals surface area (Å²) in [6.45, 7) is 8.01. The van der Waals surface area contributed by atoms with Crippen LogP contribution in [0.4, 0.5) is 0 Å². The molecule has 1 rings (SSSR count). The van der Waals surface area contributed by atoms with Crippen molar-refractivity contribution in [3.05, 3.63) is 0 Å². The Balaban J connectivity index is 2.46. The van der Waals surface area contributed by atoms with Crippen LogP contribution in [0.15, 0.2) is 0 Å². The first-order valence-corrected chi connectivity index (χ1v) is 6.20. The predicted octanol–water partition coefficient (Wildman–Crippen LogP) is 0.748. The monoisotopic (exact) mass is 228 g/mol. The fourth-order valence-electron chi connectivity index (χ4n) is 2.15. The summed E-state index contributed by atoms with van der Waals surface area (Å²) in [7, 11) is 0. The molecule has 0 bridgehead atoms. The third-order valence-corrected chi connectivity index (χ3v) is 3.18. The highest BCUT2D eigenvalue weighted by molar-refractivity contribution is 5.81. The van der Waals surface area contributed by atoms with E-state index in [1.54, 1.807) is 0 Å². The fourth-order valence-corrected chi connectivity index (χ4v) is 2.15. The maximum absolute atomic E-state index is 11.8. The normalized spacial score (nSPS) is 28.8. The zero-order valence-electron chi connectivity index (χ0n) is 10.6. The van der Waals surface area contributed by atoms with Crippen LogP contribution in [0.3, 0.4) is 0 Å². The Labute approximate surface area is 98.0 Å². The highest BCUT2D eigenvalue weighted by Gasteiger charge is 2.32. The van der Waals surface area contributed by atoms with Gasteiger partial charge in [0.2, 0.25) is 5.91 Å². The molecule has 94 valence electrons. The van der Waals surface area contributed by atoms with Crippen LogP contribution in [0.1, 0.15) is 40.0 Å². The standard InChI is InChI=1S/C12H24N2O2/c1-4-7-13-11(15)10(2)14-8-5-6-12(3,16)9-14/h10,16H,4-9H2,1-3H3,(H,13,15). The molecule has 2 atom stereocenters. The molecule has 2 N–H and O–H groups in total. The molecule has 16 heavy (non-hydrogen) atoms. The summed E-state index contributed by atoms with van der Waals surface area (Å²) in [5, 5.41) is 12.9. The molecule has 1 aliphatic heterocycles. The Bertz CT molecular complexity index is 241. The second-order valence-electron chi connectivity index (χ2n) is 5.04. The highest BCUT2D eigenvalue weighted by atomic mass is 16.3. The van der Waals surface area contributed by atoms with Gasteiger partial charge in [-0.2, -0.15) is 0 Å². The van der Waals surface area contributed by atoms with Crippen molar-refractivity contribution in [2.45, 2.75) is 51.7 Å². The molecule has 4 heteroatoms. The Kier molecular flexibility index (Phi) is 4.74. The van der Waals surface area contributed by atoms with Gasteiger partial charge in [-0.3, -0.25) is 9.69 Å². The van der Waals surface area contributed by atoms with Crippen LogP contribution >= 0.6 is 0 Å². The summed E-state index contributed by atoms with van der Waals surface area (Å²) < 4.78 is 0. The number of rotatable bonds is 4. The van der Waals surface area contributed by atoms with Crippen LogP contribution < -0.4 is 5.32 Å². The quantitative estimate of drug-likeness (QED) is 0.746. The molecule has 0 saturated carbocycles. The van der Waals surface area contributed by atoms with Crippen molar-refractivity contribution in [2.24, 2.45) is 0 Å². The molecule has 1 aliphatic rings. The van der Waals surface area contributed by atoms with E-state index in [0.29, 0.717) is 6.54 Å². The third kappa shape index (κ3) is 3.76. The van der Waals surface area contributed by atoms with Gasteiger partial charge in [0.15, 0.2) is 0 Å². The van der Waals surface area contributed by atoms with Crippen LogP contribution in [0.5, 0.6) is 0 Å².